The number of carboxylic acids is 1. The summed E-state index contributed by atoms with van der Waals surface area (Å²) in [7, 11) is 1.55. The first-order valence-corrected chi connectivity index (χ1v) is 20.2. The Balaban J connectivity index is 1.48. The molecule has 3 aliphatic heterocycles. The molecule has 4 fully saturated rings. The summed E-state index contributed by atoms with van der Waals surface area (Å²) in [5.74, 6) is -7.92. The number of aliphatic carboxylic acids is 1. The molecule has 0 aromatic carbocycles. The van der Waals surface area contributed by atoms with E-state index in [0.717, 1.165) is 44.9 Å². The summed E-state index contributed by atoms with van der Waals surface area (Å²) in [6, 6.07) is -0.777. The molecule has 11 atom stereocenters. The highest BCUT2D eigenvalue weighted by Gasteiger charge is 2.57. The van der Waals surface area contributed by atoms with Crippen LogP contribution < -0.4 is 16.4 Å². The van der Waals surface area contributed by atoms with Crippen molar-refractivity contribution in [2.45, 2.75) is 100 Å². The number of carbonyl (C=O) groups is 2. The minimum atomic E-state index is -2.93. The molecule has 3 heterocycles. The third-order valence-electron chi connectivity index (χ3n) is 12.2. The molecule has 58 heavy (non-hydrogen) atoms. The molecule has 11 N–H and O–H groups in total. The predicted molar refractivity (Wildman–Crippen MR) is 206 cm³/mol. The van der Waals surface area contributed by atoms with Gasteiger partial charge in [0.15, 0.2) is 18.4 Å². The molecule has 2 aliphatic carbocycles. The molecule has 0 radical (unpaired) electrons. The Morgan fingerprint density at radius 1 is 1.12 bits per heavy atom. The van der Waals surface area contributed by atoms with Crippen LogP contribution >= 0.6 is 0 Å². The molecule has 0 aromatic heterocycles. The topological polar surface area (TPSA) is 288 Å². The van der Waals surface area contributed by atoms with Crippen LogP contribution in [0.25, 0.3) is 0 Å². The summed E-state index contributed by atoms with van der Waals surface area (Å²) in [6.45, 7) is 3.56. The molecule has 328 valence electrons. The summed E-state index contributed by atoms with van der Waals surface area (Å²) in [5, 5.41) is 77.6. The van der Waals surface area contributed by atoms with Crippen molar-refractivity contribution in [3.63, 3.8) is 0 Å². The zero-order chi connectivity index (χ0) is 42.0. The number of hydrogen-bond donors (Lipinski definition) is 10. The van der Waals surface area contributed by atoms with Gasteiger partial charge in [0.2, 0.25) is 12.1 Å². The maximum atomic E-state index is 14.1. The fourth-order valence-corrected chi connectivity index (χ4v) is 9.12. The molecule has 5 aliphatic rings. The van der Waals surface area contributed by atoms with Gasteiger partial charge in [-0.05, 0) is 51.0 Å². The second-order valence-electron chi connectivity index (χ2n) is 16.1. The largest absolute Gasteiger partial charge is 0.481 e. The van der Waals surface area contributed by atoms with Crippen molar-refractivity contribution >= 4 is 17.9 Å². The summed E-state index contributed by atoms with van der Waals surface area (Å²) >= 11 is 0. The summed E-state index contributed by atoms with van der Waals surface area (Å²) in [5.41, 5.74) is 6.52. The number of aliphatic hydroxyl groups excluding tert-OH is 4. The van der Waals surface area contributed by atoms with Gasteiger partial charge < -0.3 is 70.5 Å². The average Bonchev–Trinajstić information content (AvgIpc) is 3.83. The van der Waals surface area contributed by atoms with Crippen LogP contribution in [0.4, 0.5) is 0 Å². The smallest absolute Gasteiger partial charge is 0.338 e. The molecule has 3 unspecified atom stereocenters. The van der Waals surface area contributed by atoms with Crippen molar-refractivity contribution in [1.82, 2.24) is 15.5 Å². The highest BCUT2D eigenvalue weighted by atomic mass is 16.8. The maximum absolute atomic E-state index is 14.1. The number of likely N-dealkylation sites (tertiary alicyclic amines) is 1. The number of aliphatic hydroxyl groups is 6. The van der Waals surface area contributed by atoms with Crippen LogP contribution in [0.15, 0.2) is 41.6 Å². The first-order chi connectivity index (χ1) is 27.8. The molecule has 19 heteroatoms. The highest BCUT2D eigenvalue weighted by molar-refractivity contribution is 5.89. The number of hydrogen-bond acceptors (Lipinski definition) is 16. The standard InChI is InChI=1S/C39H63N5O14/c1-3-25-26(8-7-23-18-44(14-16-46)19-27(33(49)50)30(23)43-37(40)42-13-6-15-45)28(34(51)56-24-9-12-38(17-24)10-4-5-11-38)21-54-35(25)58-36-32(55-22-41-2)39(52,53)31(48)29(20-47)57-36/h3,7-8,21,23-27,29-32,35-36,41,45-48,52-53H,1,4-6,9-20,22H2,2H3,(H,49,50)(H3,40,42,43)/t23?,24-,25+,26-,27?,29+,30?,31+,32+,35+,36-/m0/s1. The lowest BCUT2D eigenvalue weighted by Gasteiger charge is -2.47. The lowest BCUT2D eigenvalue weighted by atomic mass is 9.79. The van der Waals surface area contributed by atoms with Crippen molar-refractivity contribution in [1.29, 1.82) is 0 Å². The van der Waals surface area contributed by atoms with E-state index in [2.05, 4.69) is 22.2 Å². The van der Waals surface area contributed by atoms with Crippen LogP contribution in [0.5, 0.6) is 0 Å². The van der Waals surface area contributed by atoms with Crippen molar-refractivity contribution in [3.05, 3.63) is 36.6 Å². The van der Waals surface area contributed by atoms with Crippen LogP contribution in [-0.2, 0) is 33.3 Å². The lowest BCUT2D eigenvalue weighted by Crippen LogP contribution is -2.69. The molecular weight excluding hydrogens is 762 g/mol. The van der Waals surface area contributed by atoms with Crippen molar-refractivity contribution in [2.24, 2.45) is 39.8 Å². The number of β-amino-alcohol motifs (C(OH)–C–C–N with tert-alkyl or cyclic N) is 1. The zero-order valence-corrected chi connectivity index (χ0v) is 33.1. The lowest BCUT2D eigenvalue weighted by molar-refractivity contribution is -0.410. The van der Waals surface area contributed by atoms with Gasteiger partial charge in [-0.1, -0.05) is 31.1 Å². The number of piperidine rings is 1. The Morgan fingerprint density at radius 2 is 1.88 bits per heavy atom. The van der Waals surface area contributed by atoms with E-state index in [0.29, 0.717) is 13.0 Å². The molecule has 0 amide bonds. The van der Waals surface area contributed by atoms with E-state index in [4.69, 9.17) is 29.4 Å². The number of allylic oxidation sites excluding steroid dienone is 1. The van der Waals surface area contributed by atoms with E-state index in [9.17, 15) is 45.3 Å². The van der Waals surface area contributed by atoms with Crippen LogP contribution in [0.1, 0.15) is 51.4 Å². The van der Waals surface area contributed by atoms with Crippen molar-refractivity contribution in [2.75, 3.05) is 59.8 Å². The predicted octanol–water partition coefficient (Wildman–Crippen LogP) is -1.52. The molecule has 5 rings (SSSR count). The number of aliphatic imine (C=N–C) groups is 1. The minimum Gasteiger partial charge on any atom is -0.481 e. The normalized spacial score (nSPS) is 35.1. The van der Waals surface area contributed by atoms with Gasteiger partial charge in [-0.25, -0.2) is 4.79 Å². The van der Waals surface area contributed by atoms with Crippen molar-refractivity contribution in [3.8, 4) is 0 Å². The van der Waals surface area contributed by atoms with E-state index < -0.39 is 84.9 Å². The molecule has 0 aromatic rings. The van der Waals surface area contributed by atoms with E-state index in [-0.39, 0.29) is 62.6 Å². The van der Waals surface area contributed by atoms with Crippen LogP contribution in [0.3, 0.4) is 0 Å². The van der Waals surface area contributed by atoms with Gasteiger partial charge >= 0.3 is 11.9 Å². The number of nitrogens with one attached hydrogen (secondary N) is 2. The maximum Gasteiger partial charge on any atom is 0.338 e. The number of ether oxygens (including phenoxy) is 5. The number of rotatable bonds is 18. The minimum absolute atomic E-state index is 0.000592. The Hall–Kier alpha value is -3.21. The number of carboxylic acid groups (broad SMARTS) is 1. The molecular formula is C39H63N5O14. The fourth-order valence-electron chi connectivity index (χ4n) is 9.12. The Bertz CT molecular complexity index is 1470. The molecule has 0 bridgehead atoms. The molecule has 1 spiro atoms. The summed E-state index contributed by atoms with van der Waals surface area (Å²) in [6.07, 6.45) is 5.21. The van der Waals surface area contributed by atoms with E-state index in [1.165, 1.54) is 12.3 Å². The summed E-state index contributed by atoms with van der Waals surface area (Å²) < 4.78 is 29.7. The second kappa shape index (κ2) is 20.9. The Labute approximate surface area is 338 Å². The average molecular weight is 826 g/mol. The van der Waals surface area contributed by atoms with E-state index in [1.54, 1.807) is 19.2 Å². The highest BCUT2D eigenvalue weighted by Crippen LogP contribution is 2.51. The summed E-state index contributed by atoms with van der Waals surface area (Å²) in [4.78, 5) is 32.9. The second-order valence-corrected chi connectivity index (χ2v) is 16.1. The van der Waals surface area contributed by atoms with Gasteiger partial charge in [-0.3, -0.25) is 20.0 Å². The van der Waals surface area contributed by atoms with Gasteiger partial charge in [-0.15, -0.1) is 6.58 Å². The zero-order valence-electron chi connectivity index (χ0n) is 33.1. The number of guanidine groups is 1. The number of nitrogens with zero attached hydrogens (tertiary/aromatic N) is 2. The fraction of sp³-hybridized carbons (Fsp3) is 0.769. The molecule has 2 saturated carbocycles. The molecule has 2 saturated heterocycles. The number of carbonyl (C=O) groups excluding carboxylic acids is 1. The van der Waals surface area contributed by atoms with E-state index in [1.807, 2.05) is 4.90 Å². The Morgan fingerprint density at radius 3 is 2.53 bits per heavy atom. The van der Waals surface area contributed by atoms with Crippen LogP contribution in [-0.4, -0.2) is 167 Å². The van der Waals surface area contributed by atoms with Crippen LogP contribution in [0, 0.1) is 29.1 Å². The monoisotopic (exact) mass is 825 g/mol. The first-order valence-electron chi connectivity index (χ1n) is 20.2. The van der Waals surface area contributed by atoms with Gasteiger partial charge in [0.05, 0.1) is 49.7 Å². The number of nitrogens with two attached hydrogens (primary N) is 1. The first kappa shape index (κ1) is 45.9. The van der Waals surface area contributed by atoms with Gasteiger partial charge in [0, 0.05) is 44.6 Å². The van der Waals surface area contributed by atoms with E-state index >= 15 is 0 Å². The third-order valence-corrected chi connectivity index (χ3v) is 12.2. The van der Waals surface area contributed by atoms with Gasteiger partial charge in [0.25, 0.3) is 0 Å². The third kappa shape index (κ3) is 10.7. The van der Waals surface area contributed by atoms with Gasteiger partial charge in [0.1, 0.15) is 18.3 Å². The van der Waals surface area contributed by atoms with Crippen LogP contribution in [0.2, 0.25) is 0 Å². The number of esters is 1. The van der Waals surface area contributed by atoms with Crippen molar-refractivity contribution < 1.29 is 69.0 Å². The van der Waals surface area contributed by atoms with Gasteiger partial charge in [-0.2, -0.15) is 0 Å². The SMILES string of the molecule is C=C[C@H]1[C@@H](O[C@@H]2O[C@H](CO)[C@@H](O)C(O)(O)[C@@H]2OCNC)OC=C(C(=O)O[C@H]2CCC3(CCCC3)C2)[C@H]1C=CC1CN(CCO)CC(C(=O)O)C1NC(N)=NCCCO. The Kier molecular flexibility index (Phi) is 16.5. The quantitative estimate of drug-likeness (QED) is 0.0187. The molecule has 19 nitrogen and oxygen atoms in total.